The predicted molar refractivity (Wildman–Crippen MR) is 95.6 cm³/mol. The second-order valence-electron chi connectivity index (χ2n) is 7.37. The van der Waals surface area contributed by atoms with Crippen LogP contribution < -0.4 is 5.32 Å². The first-order chi connectivity index (χ1) is 12.6. The van der Waals surface area contributed by atoms with E-state index in [-0.39, 0.29) is 23.6 Å². The fraction of sp³-hybridized carbons (Fsp3) is 0.579. The molecule has 0 radical (unpaired) electrons. The van der Waals surface area contributed by atoms with Crippen molar-refractivity contribution < 1.29 is 13.9 Å². The van der Waals surface area contributed by atoms with E-state index >= 15 is 0 Å². The van der Waals surface area contributed by atoms with Gasteiger partial charge in [-0.3, -0.25) is 14.4 Å². The van der Waals surface area contributed by atoms with E-state index in [2.05, 4.69) is 15.3 Å². The molecule has 0 aromatic carbocycles. The standard InChI is InChI=1S/C19H26N4O3/c1-22-16(6-9-20-22)18(24)21-14-5-7-19(25-2)8-10-23(17(19)12-14)13-15-4-3-11-26-15/h3-4,6,9,11,14,17H,5,7-8,10,12-13H2,1-2H3,(H,21,24)/t14?,17?,19-/m1/s1. The largest absolute Gasteiger partial charge is 0.468 e. The van der Waals surface area contributed by atoms with Crippen LogP contribution in [0.1, 0.15) is 41.9 Å². The lowest BCUT2D eigenvalue weighted by molar-refractivity contribution is -0.0684. The van der Waals surface area contributed by atoms with Gasteiger partial charge in [0.2, 0.25) is 0 Å². The number of aromatic nitrogens is 2. The summed E-state index contributed by atoms with van der Waals surface area (Å²) in [4.78, 5) is 15.0. The maximum absolute atomic E-state index is 12.5. The van der Waals surface area contributed by atoms with E-state index in [1.807, 2.05) is 19.2 Å². The number of nitrogens with zero attached hydrogens (tertiary/aromatic N) is 3. The molecule has 4 rings (SSSR count). The number of hydrogen-bond donors (Lipinski definition) is 1. The molecule has 3 heterocycles. The summed E-state index contributed by atoms with van der Waals surface area (Å²) in [6.07, 6.45) is 7.16. The summed E-state index contributed by atoms with van der Waals surface area (Å²) in [5.41, 5.74) is 0.479. The van der Waals surface area contributed by atoms with Gasteiger partial charge >= 0.3 is 0 Å². The lowest BCUT2D eigenvalue weighted by Crippen LogP contribution is -2.54. The fourth-order valence-electron chi connectivity index (χ4n) is 4.57. The first-order valence-electron chi connectivity index (χ1n) is 9.22. The molecule has 0 spiro atoms. The Labute approximate surface area is 153 Å². The monoisotopic (exact) mass is 358 g/mol. The summed E-state index contributed by atoms with van der Waals surface area (Å²) in [6.45, 7) is 1.77. The lowest BCUT2D eigenvalue weighted by Gasteiger charge is -2.43. The summed E-state index contributed by atoms with van der Waals surface area (Å²) in [6, 6.07) is 6.10. The topological polar surface area (TPSA) is 72.5 Å². The Morgan fingerprint density at radius 1 is 1.46 bits per heavy atom. The molecule has 1 saturated heterocycles. The van der Waals surface area contributed by atoms with Crippen molar-refractivity contribution in [2.45, 2.75) is 49.9 Å². The third-order valence-corrected chi connectivity index (χ3v) is 6.03. The van der Waals surface area contributed by atoms with Crippen LogP contribution in [0.25, 0.3) is 0 Å². The van der Waals surface area contributed by atoms with Gasteiger partial charge in [0, 0.05) is 39.0 Å². The van der Waals surface area contributed by atoms with Gasteiger partial charge in [0.1, 0.15) is 11.5 Å². The maximum atomic E-state index is 12.5. The summed E-state index contributed by atoms with van der Waals surface area (Å²) in [5.74, 6) is 0.911. The van der Waals surface area contributed by atoms with Gasteiger partial charge in [-0.1, -0.05) is 0 Å². The smallest absolute Gasteiger partial charge is 0.269 e. The molecule has 2 fully saturated rings. The molecule has 1 saturated carbocycles. The molecule has 3 atom stereocenters. The molecule has 0 bridgehead atoms. The van der Waals surface area contributed by atoms with E-state index in [9.17, 15) is 4.79 Å². The number of furan rings is 1. The average molecular weight is 358 g/mol. The SMILES string of the molecule is CO[C@@]12CCC(NC(=O)c3ccnn3C)CC1N(Cc1ccco1)CC2. The van der Waals surface area contributed by atoms with Gasteiger partial charge in [-0.25, -0.2) is 0 Å². The van der Waals surface area contributed by atoms with Gasteiger partial charge in [-0.05, 0) is 43.9 Å². The highest BCUT2D eigenvalue weighted by Crippen LogP contribution is 2.43. The van der Waals surface area contributed by atoms with Crippen LogP contribution in [0.3, 0.4) is 0 Å². The van der Waals surface area contributed by atoms with Gasteiger partial charge in [-0.15, -0.1) is 0 Å². The van der Waals surface area contributed by atoms with E-state index < -0.39 is 0 Å². The average Bonchev–Trinajstić information content (AvgIpc) is 3.37. The minimum absolute atomic E-state index is 0.0597. The molecule has 2 unspecified atom stereocenters. The van der Waals surface area contributed by atoms with Crippen molar-refractivity contribution in [1.29, 1.82) is 0 Å². The van der Waals surface area contributed by atoms with Crippen molar-refractivity contribution in [2.24, 2.45) is 7.05 Å². The van der Waals surface area contributed by atoms with Crippen molar-refractivity contribution in [3.05, 3.63) is 42.1 Å². The summed E-state index contributed by atoms with van der Waals surface area (Å²) in [5, 5.41) is 7.27. The van der Waals surface area contributed by atoms with E-state index in [1.54, 1.807) is 30.3 Å². The normalized spacial score (nSPS) is 28.8. The van der Waals surface area contributed by atoms with Gasteiger partial charge in [0.15, 0.2) is 0 Å². The molecule has 140 valence electrons. The Bertz CT molecular complexity index is 757. The molecule has 1 amide bonds. The van der Waals surface area contributed by atoms with Crippen molar-refractivity contribution >= 4 is 5.91 Å². The van der Waals surface area contributed by atoms with Gasteiger partial charge in [0.05, 0.1) is 18.4 Å². The minimum Gasteiger partial charge on any atom is -0.468 e. The second-order valence-corrected chi connectivity index (χ2v) is 7.37. The zero-order valence-corrected chi connectivity index (χ0v) is 15.4. The second kappa shape index (κ2) is 6.89. The minimum atomic E-state index is -0.111. The molecule has 2 aliphatic rings. The lowest BCUT2D eigenvalue weighted by atomic mass is 9.78. The summed E-state index contributed by atoms with van der Waals surface area (Å²) in [7, 11) is 3.60. The Kier molecular flexibility index (Phi) is 4.58. The van der Waals surface area contributed by atoms with E-state index in [0.717, 1.165) is 44.5 Å². The quantitative estimate of drug-likeness (QED) is 0.884. The molecule has 1 N–H and O–H groups in total. The molecule has 1 aliphatic carbocycles. The Morgan fingerprint density at radius 2 is 2.35 bits per heavy atom. The van der Waals surface area contributed by atoms with Crippen molar-refractivity contribution in [3.8, 4) is 0 Å². The fourth-order valence-corrected chi connectivity index (χ4v) is 4.57. The van der Waals surface area contributed by atoms with Crippen molar-refractivity contribution in [2.75, 3.05) is 13.7 Å². The van der Waals surface area contributed by atoms with Gasteiger partial charge < -0.3 is 14.5 Å². The number of carbonyl (C=O) groups excluding carboxylic acids is 1. The molecular weight excluding hydrogens is 332 g/mol. The van der Waals surface area contributed by atoms with Crippen LogP contribution in [0.15, 0.2) is 35.1 Å². The van der Waals surface area contributed by atoms with Crippen molar-refractivity contribution in [1.82, 2.24) is 20.0 Å². The van der Waals surface area contributed by atoms with E-state index in [4.69, 9.17) is 9.15 Å². The summed E-state index contributed by atoms with van der Waals surface area (Å²) >= 11 is 0. The molecule has 7 heteroatoms. The first-order valence-corrected chi connectivity index (χ1v) is 9.22. The van der Waals surface area contributed by atoms with Crippen LogP contribution >= 0.6 is 0 Å². The number of aryl methyl sites for hydroxylation is 1. The third-order valence-electron chi connectivity index (χ3n) is 6.03. The van der Waals surface area contributed by atoms with E-state index in [0.29, 0.717) is 5.69 Å². The van der Waals surface area contributed by atoms with Gasteiger partial charge in [-0.2, -0.15) is 5.10 Å². The van der Waals surface area contributed by atoms with Crippen LogP contribution in [0.5, 0.6) is 0 Å². The molecular formula is C19H26N4O3. The number of likely N-dealkylation sites (tertiary alicyclic amines) is 1. The number of carbonyl (C=O) groups is 1. The zero-order valence-electron chi connectivity index (χ0n) is 15.4. The van der Waals surface area contributed by atoms with E-state index in [1.165, 1.54) is 0 Å². The van der Waals surface area contributed by atoms with Crippen molar-refractivity contribution in [3.63, 3.8) is 0 Å². The molecule has 1 aliphatic heterocycles. The number of nitrogens with one attached hydrogen (secondary N) is 1. The highest BCUT2D eigenvalue weighted by molar-refractivity contribution is 5.92. The molecule has 7 nitrogen and oxygen atoms in total. The van der Waals surface area contributed by atoms with Crippen LogP contribution in [0.2, 0.25) is 0 Å². The highest BCUT2D eigenvalue weighted by Gasteiger charge is 2.51. The maximum Gasteiger partial charge on any atom is 0.269 e. The van der Waals surface area contributed by atoms with Crippen LogP contribution in [0, 0.1) is 0 Å². The number of fused-ring (bicyclic) bond motifs is 1. The zero-order chi connectivity index (χ0) is 18.1. The highest BCUT2D eigenvalue weighted by atomic mass is 16.5. The Balaban J connectivity index is 1.46. The number of rotatable bonds is 5. The molecule has 2 aromatic rings. The number of ether oxygens (including phenoxy) is 1. The van der Waals surface area contributed by atoms with Gasteiger partial charge in [0.25, 0.3) is 5.91 Å². The molecule has 2 aromatic heterocycles. The predicted octanol–water partition coefficient (Wildman–Crippen LogP) is 1.96. The number of amides is 1. The Hall–Kier alpha value is -2.12. The first kappa shape index (κ1) is 17.3. The van der Waals surface area contributed by atoms with Crippen LogP contribution in [-0.4, -0.2) is 51.9 Å². The number of methoxy groups -OCH3 is 1. The van der Waals surface area contributed by atoms with Crippen LogP contribution in [-0.2, 0) is 18.3 Å². The summed E-state index contributed by atoms with van der Waals surface area (Å²) < 4.78 is 13.1. The molecule has 26 heavy (non-hydrogen) atoms. The number of hydrogen-bond acceptors (Lipinski definition) is 5. The third kappa shape index (κ3) is 3.05. The Morgan fingerprint density at radius 3 is 3.04 bits per heavy atom. The van der Waals surface area contributed by atoms with Crippen LogP contribution in [0.4, 0.5) is 0 Å².